The van der Waals surface area contributed by atoms with E-state index in [1.165, 1.54) is 6.42 Å². The van der Waals surface area contributed by atoms with Gasteiger partial charge in [0.15, 0.2) is 0 Å². The van der Waals surface area contributed by atoms with E-state index >= 15 is 0 Å². The van der Waals surface area contributed by atoms with Crippen LogP contribution >= 0.6 is 0 Å². The van der Waals surface area contributed by atoms with E-state index in [0.29, 0.717) is 10.8 Å². The molecule has 0 aromatic heterocycles. The number of rotatable bonds is 5. The van der Waals surface area contributed by atoms with Crippen molar-refractivity contribution in [2.45, 2.75) is 87.2 Å². The smallest absolute Gasteiger partial charge is 0.0592 e. The minimum atomic E-state index is -0.539. The molecule has 0 unspecified atom stereocenters. The van der Waals surface area contributed by atoms with Gasteiger partial charge in [0.1, 0.15) is 0 Å². The van der Waals surface area contributed by atoms with Crippen molar-refractivity contribution in [3.05, 3.63) is 0 Å². The molecule has 0 aromatic rings. The Kier molecular flexibility index (Phi) is 12.0. The second-order valence-corrected chi connectivity index (χ2v) is 8.79. The maximum absolute atomic E-state index is 9.84. The van der Waals surface area contributed by atoms with Gasteiger partial charge in [0.05, 0.1) is 5.60 Å². The average molecular weight is 420 g/mol. The normalized spacial score (nSPS) is 13.6. The molecule has 0 atom stereocenters. The van der Waals surface area contributed by atoms with Crippen LogP contribution in [-0.2, 0) is 65.4 Å². The maximum atomic E-state index is 9.84. The van der Waals surface area contributed by atoms with Crippen molar-refractivity contribution in [3.63, 3.8) is 0 Å². The monoisotopic (exact) mass is 420 g/mol. The van der Waals surface area contributed by atoms with Gasteiger partial charge in [-0.3, -0.25) is 0 Å². The number of aliphatic hydroxyl groups is 1. The van der Waals surface area contributed by atoms with Crippen LogP contribution < -0.4 is 0 Å². The molecule has 0 saturated heterocycles. The van der Waals surface area contributed by atoms with Crippen LogP contribution in [0.2, 0.25) is 0 Å². The van der Waals surface area contributed by atoms with E-state index in [0.717, 1.165) is 12.8 Å². The summed E-state index contributed by atoms with van der Waals surface area (Å²) in [7, 11) is 0. The molecular formula is C16H34OY2. The fourth-order valence-electron chi connectivity index (χ4n) is 2.19. The van der Waals surface area contributed by atoms with Gasteiger partial charge in [-0.2, -0.15) is 0 Å². The predicted molar refractivity (Wildman–Crippen MR) is 77.2 cm³/mol. The Morgan fingerprint density at radius 2 is 1.05 bits per heavy atom. The molecule has 0 spiro atoms. The molecule has 3 heteroatoms. The molecule has 2 radical (unpaired) electrons. The summed E-state index contributed by atoms with van der Waals surface area (Å²) in [6.45, 7) is 20.1. The van der Waals surface area contributed by atoms with Crippen LogP contribution in [0, 0.1) is 16.2 Å². The molecule has 19 heavy (non-hydrogen) atoms. The molecule has 0 fully saturated rings. The van der Waals surface area contributed by atoms with Gasteiger partial charge in [-0.15, -0.1) is 0 Å². The van der Waals surface area contributed by atoms with E-state index in [4.69, 9.17) is 0 Å². The number of hydrogen-bond acceptors (Lipinski definition) is 1. The summed E-state index contributed by atoms with van der Waals surface area (Å²) >= 11 is 0. The fraction of sp³-hybridized carbons (Fsp3) is 1.00. The molecule has 0 heterocycles. The molecular weight excluding hydrogens is 386 g/mol. The van der Waals surface area contributed by atoms with Crippen molar-refractivity contribution in [3.8, 4) is 0 Å². The Balaban J connectivity index is -0.00000128. The Hall–Kier alpha value is 2.17. The standard InChI is InChI=1S/C16H34O.2Y/c1-13(2,3)15(6,7)12-14(4,5)10-11-16(8,9)17;;/h17H,10-12H2,1-9H3;;. The van der Waals surface area contributed by atoms with Gasteiger partial charge >= 0.3 is 0 Å². The Morgan fingerprint density at radius 1 is 0.684 bits per heavy atom. The summed E-state index contributed by atoms with van der Waals surface area (Å²) in [5.74, 6) is 0. The number of hydrogen-bond donors (Lipinski definition) is 1. The molecule has 1 nitrogen and oxygen atoms in total. The van der Waals surface area contributed by atoms with Crippen LogP contribution in [0.15, 0.2) is 0 Å². The first-order valence-corrected chi connectivity index (χ1v) is 6.89. The van der Waals surface area contributed by atoms with E-state index in [1.54, 1.807) is 0 Å². The molecule has 0 amide bonds. The van der Waals surface area contributed by atoms with Crippen molar-refractivity contribution in [2.75, 3.05) is 0 Å². The van der Waals surface area contributed by atoms with Crippen molar-refractivity contribution < 1.29 is 70.5 Å². The van der Waals surface area contributed by atoms with Crippen LogP contribution in [0.3, 0.4) is 0 Å². The third-order valence-electron chi connectivity index (χ3n) is 4.36. The fourth-order valence-corrected chi connectivity index (χ4v) is 2.19. The van der Waals surface area contributed by atoms with Crippen molar-refractivity contribution in [1.29, 1.82) is 0 Å². The van der Waals surface area contributed by atoms with E-state index in [9.17, 15) is 5.11 Å². The van der Waals surface area contributed by atoms with Gasteiger partial charge in [-0.05, 0) is 49.4 Å². The quantitative estimate of drug-likeness (QED) is 0.662. The Bertz CT molecular complexity index is 244. The van der Waals surface area contributed by atoms with E-state index < -0.39 is 5.60 Å². The van der Waals surface area contributed by atoms with Crippen molar-refractivity contribution in [1.82, 2.24) is 0 Å². The first-order valence-electron chi connectivity index (χ1n) is 6.89. The Labute approximate surface area is 172 Å². The van der Waals surface area contributed by atoms with Crippen LogP contribution in [0.5, 0.6) is 0 Å². The molecule has 0 saturated carbocycles. The summed E-state index contributed by atoms with van der Waals surface area (Å²) in [4.78, 5) is 0. The van der Waals surface area contributed by atoms with Gasteiger partial charge in [-0.1, -0.05) is 48.5 Å². The van der Waals surface area contributed by atoms with E-state index in [2.05, 4.69) is 48.5 Å². The third kappa shape index (κ3) is 11.4. The van der Waals surface area contributed by atoms with Crippen LogP contribution in [-0.4, -0.2) is 10.7 Å². The second kappa shape index (κ2) is 8.71. The third-order valence-corrected chi connectivity index (χ3v) is 4.36. The zero-order valence-corrected chi connectivity index (χ0v) is 20.4. The second-order valence-electron chi connectivity index (χ2n) is 8.79. The minimum Gasteiger partial charge on any atom is -0.390 e. The van der Waals surface area contributed by atoms with Gasteiger partial charge in [0.2, 0.25) is 0 Å². The molecule has 0 aliphatic rings. The summed E-state index contributed by atoms with van der Waals surface area (Å²) in [5, 5.41) is 9.84. The molecule has 0 rings (SSSR count). The van der Waals surface area contributed by atoms with Gasteiger partial charge in [-0.25, -0.2) is 0 Å². The SMILES string of the molecule is CC(C)(O)CCC(C)(C)CC(C)(C)C(C)(C)C.[Y].[Y]. The Morgan fingerprint density at radius 3 is 1.32 bits per heavy atom. The largest absolute Gasteiger partial charge is 0.390 e. The molecule has 0 aromatic carbocycles. The van der Waals surface area contributed by atoms with Crippen LogP contribution in [0.25, 0.3) is 0 Å². The van der Waals surface area contributed by atoms with Gasteiger partial charge in [0.25, 0.3) is 0 Å². The van der Waals surface area contributed by atoms with E-state index in [1.807, 2.05) is 13.8 Å². The van der Waals surface area contributed by atoms with Crippen molar-refractivity contribution in [2.24, 2.45) is 16.2 Å². The first-order chi connectivity index (χ1) is 7.16. The molecule has 0 aliphatic heterocycles. The molecule has 0 bridgehead atoms. The molecule has 0 aliphatic carbocycles. The summed E-state index contributed by atoms with van der Waals surface area (Å²) in [6.07, 6.45) is 3.15. The van der Waals surface area contributed by atoms with Crippen LogP contribution in [0.4, 0.5) is 0 Å². The summed E-state index contributed by atoms with van der Waals surface area (Å²) in [6, 6.07) is 0. The van der Waals surface area contributed by atoms with Crippen molar-refractivity contribution >= 4 is 0 Å². The predicted octanol–water partition coefficient (Wildman–Crippen LogP) is 5.02. The van der Waals surface area contributed by atoms with Crippen LogP contribution in [0.1, 0.15) is 81.6 Å². The van der Waals surface area contributed by atoms with Gasteiger partial charge in [0, 0.05) is 65.4 Å². The molecule has 110 valence electrons. The minimum absolute atomic E-state index is 0. The first kappa shape index (κ1) is 26.1. The topological polar surface area (TPSA) is 20.2 Å². The van der Waals surface area contributed by atoms with Gasteiger partial charge < -0.3 is 5.11 Å². The maximum Gasteiger partial charge on any atom is 0.0592 e. The zero-order chi connectivity index (χ0) is 14.1. The average Bonchev–Trinajstić information content (AvgIpc) is 1.95. The summed E-state index contributed by atoms with van der Waals surface area (Å²) < 4.78 is 0. The van der Waals surface area contributed by atoms with E-state index in [-0.39, 0.29) is 70.8 Å². The summed E-state index contributed by atoms with van der Waals surface area (Å²) in [5.41, 5.74) is 0.384. The molecule has 1 N–H and O–H groups in total. The zero-order valence-electron chi connectivity index (χ0n) is 14.7.